The van der Waals surface area contributed by atoms with Crippen LogP contribution < -0.4 is 10.4 Å². The molecule has 30 heavy (non-hydrogen) atoms. The zero-order chi connectivity index (χ0) is 21.6. The van der Waals surface area contributed by atoms with Gasteiger partial charge in [-0.3, -0.25) is 0 Å². The van der Waals surface area contributed by atoms with Gasteiger partial charge >= 0.3 is 185 Å². The summed E-state index contributed by atoms with van der Waals surface area (Å²) in [5, 5.41) is 3.00. The molecule has 6 heteroatoms. The maximum absolute atomic E-state index is 13.0. The average molecular weight is 492 g/mol. The van der Waals surface area contributed by atoms with E-state index in [2.05, 4.69) is 69.3 Å². The molecule has 2 heterocycles. The second-order valence-electron chi connectivity index (χ2n) is 9.70. The standard InChI is InChI=1S/C24H32O4SeSi/c1-23(2,3)30(18-12-8-6-9-13-18,19-14-10-7-11-15-19)26-16-21-22-20(17-29(21)25)27-24(4,5)28-22/h6-15,20-22H,16-17H2,1-5H3/t20?,21-,22?,29?/m1/s1. The number of ether oxygens (including phenoxy) is 2. The van der Waals surface area contributed by atoms with Gasteiger partial charge in [-0.25, -0.2) is 0 Å². The molecule has 0 aliphatic carbocycles. The van der Waals surface area contributed by atoms with Gasteiger partial charge in [0.2, 0.25) is 0 Å². The van der Waals surface area contributed by atoms with E-state index in [4.69, 9.17) is 13.9 Å². The van der Waals surface area contributed by atoms with Gasteiger partial charge in [0.25, 0.3) is 0 Å². The van der Waals surface area contributed by atoms with E-state index in [0.717, 1.165) is 0 Å². The van der Waals surface area contributed by atoms with Gasteiger partial charge in [-0.1, -0.05) is 0 Å². The first-order valence-electron chi connectivity index (χ1n) is 10.6. The maximum atomic E-state index is 13.0. The second-order valence-corrected chi connectivity index (χ2v) is 17.6. The molecule has 0 amide bonds. The van der Waals surface area contributed by atoms with Crippen molar-refractivity contribution in [3.63, 3.8) is 0 Å². The molecule has 0 bridgehead atoms. The van der Waals surface area contributed by atoms with E-state index in [1.807, 2.05) is 26.0 Å². The number of hydrogen-bond donors (Lipinski definition) is 0. The third kappa shape index (κ3) is 3.90. The van der Waals surface area contributed by atoms with E-state index < -0.39 is 27.9 Å². The number of rotatable bonds is 5. The Kier molecular flexibility index (Phi) is 5.95. The van der Waals surface area contributed by atoms with Gasteiger partial charge in [0.05, 0.1) is 0 Å². The zero-order valence-corrected chi connectivity index (χ0v) is 21.2. The van der Waals surface area contributed by atoms with E-state index in [0.29, 0.717) is 11.9 Å². The molecule has 2 aliphatic heterocycles. The van der Waals surface area contributed by atoms with E-state index in [-0.39, 0.29) is 22.1 Å². The molecule has 2 fully saturated rings. The first kappa shape index (κ1) is 22.1. The summed E-state index contributed by atoms with van der Waals surface area (Å²) in [5.41, 5.74) is 0. The predicted octanol–water partition coefficient (Wildman–Crippen LogP) is 3.89. The van der Waals surface area contributed by atoms with Crippen LogP contribution in [-0.4, -0.2) is 46.8 Å². The van der Waals surface area contributed by atoms with E-state index >= 15 is 0 Å². The summed E-state index contributed by atoms with van der Waals surface area (Å²) in [5.74, 6) is -0.614. The van der Waals surface area contributed by atoms with Crippen molar-refractivity contribution in [2.24, 2.45) is 0 Å². The van der Waals surface area contributed by atoms with Gasteiger partial charge in [-0.05, 0) is 0 Å². The van der Waals surface area contributed by atoms with Crippen LogP contribution >= 0.6 is 0 Å². The number of benzene rings is 2. The van der Waals surface area contributed by atoms with Crippen molar-refractivity contribution in [3.8, 4) is 0 Å². The summed E-state index contributed by atoms with van der Waals surface area (Å²) in [6.07, 6.45) is -0.212. The van der Waals surface area contributed by atoms with Crippen LogP contribution in [0.15, 0.2) is 60.7 Å². The number of hydrogen-bond acceptors (Lipinski definition) is 4. The topological polar surface area (TPSA) is 44.8 Å². The first-order valence-corrected chi connectivity index (χ1v) is 15.4. The van der Waals surface area contributed by atoms with Crippen molar-refractivity contribution in [2.45, 2.75) is 67.8 Å². The van der Waals surface area contributed by atoms with Gasteiger partial charge in [0.15, 0.2) is 0 Å². The summed E-state index contributed by atoms with van der Waals surface area (Å²) in [6, 6.07) is 21.2. The van der Waals surface area contributed by atoms with Crippen molar-refractivity contribution in [3.05, 3.63) is 60.7 Å². The Morgan fingerprint density at radius 2 is 1.53 bits per heavy atom. The molecule has 2 aromatic carbocycles. The number of fused-ring (bicyclic) bond motifs is 1. The van der Waals surface area contributed by atoms with Crippen LogP contribution in [-0.2, 0) is 17.7 Å². The third-order valence-corrected chi connectivity index (χ3v) is 14.8. The minimum atomic E-state index is -2.64. The Bertz CT molecular complexity index is 855. The van der Waals surface area contributed by atoms with Gasteiger partial charge in [0.1, 0.15) is 0 Å². The molecule has 162 valence electrons. The first-order chi connectivity index (χ1) is 14.1. The van der Waals surface area contributed by atoms with Crippen molar-refractivity contribution in [2.75, 3.05) is 6.61 Å². The molecule has 0 aromatic heterocycles. The summed E-state index contributed by atoms with van der Waals surface area (Å²) in [4.78, 5) is -0.0848. The molecule has 0 saturated carbocycles. The molecule has 3 unspecified atom stereocenters. The van der Waals surface area contributed by atoms with Crippen LogP contribution in [0.25, 0.3) is 0 Å². The van der Waals surface area contributed by atoms with Crippen LogP contribution in [0.5, 0.6) is 0 Å². The van der Waals surface area contributed by atoms with Crippen molar-refractivity contribution in [1.29, 1.82) is 0 Å². The van der Waals surface area contributed by atoms with Crippen molar-refractivity contribution < 1.29 is 17.7 Å². The molecule has 2 aliphatic rings. The minimum absolute atomic E-state index is 0.0738. The Morgan fingerprint density at radius 3 is 2.03 bits per heavy atom. The molecule has 4 nitrogen and oxygen atoms in total. The van der Waals surface area contributed by atoms with Gasteiger partial charge < -0.3 is 0 Å². The van der Waals surface area contributed by atoms with Crippen LogP contribution in [0.2, 0.25) is 15.2 Å². The molecule has 0 spiro atoms. The van der Waals surface area contributed by atoms with Crippen molar-refractivity contribution in [1.82, 2.24) is 0 Å². The summed E-state index contributed by atoms with van der Waals surface area (Å²) in [7, 11) is -2.64. The molecule has 2 aromatic rings. The van der Waals surface area contributed by atoms with Crippen LogP contribution in [0.3, 0.4) is 0 Å². The quantitative estimate of drug-likeness (QED) is 0.596. The molecule has 2 saturated heterocycles. The molecule has 0 N–H and O–H groups in total. The average Bonchev–Trinajstić information content (AvgIpc) is 3.13. The second kappa shape index (κ2) is 8.08. The monoisotopic (exact) mass is 492 g/mol. The Balaban J connectivity index is 1.72. The Labute approximate surface area is 185 Å². The van der Waals surface area contributed by atoms with Crippen LogP contribution in [0.1, 0.15) is 34.6 Å². The summed E-state index contributed by atoms with van der Waals surface area (Å²) >= 11 is -2.09. The summed E-state index contributed by atoms with van der Waals surface area (Å²) < 4.78 is 32.2. The van der Waals surface area contributed by atoms with Gasteiger partial charge in [0, 0.05) is 0 Å². The SMILES string of the molecule is CC1(C)OC2C[Se](=O)[C@H](CO[Si](c3ccccc3)(c3ccccc3)C(C)(C)C)C2O1. The summed E-state index contributed by atoms with van der Waals surface area (Å²) in [6.45, 7) is 11.1. The third-order valence-electron chi connectivity index (χ3n) is 6.14. The van der Waals surface area contributed by atoms with Gasteiger partial charge in [-0.2, -0.15) is 0 Å². The van der Waals surface area contributed by atoms with E-state index in [1.165, 1.54) is 10.4 Å². The molecular formula is C24H32O4SeSi. The van der Waals surface area contributed by atoms with Gasteiger partial charge in [-0.15, -0.1) is 0 Å². The molecular weight excluding hydrogens is 459 g/mol. The Morgan fingerprint density at radius 1 is 1.00 bits per heavy atom. The zero-order valence-electron chi connectivity index (χ0n) is 18.5. The fraction of sp³-hybridized carbons (Fsp3) is 0.500. The van der Waals surface area contributed by atoms with E-state index in [1.54, 1.807) is 0 Å². The predicted molar refractivity (Wildman–Crippen MR) is 122 cm³/mol. The molecule has 0 radical (unpaired) electrons. The molecule has 4 rings (SSSR count). The normalized spacial score (nSPS) is 28.4. The molecule has 4 atom stereocenters. The van der Waals surface area contributed by atoms with Crippen LogP contribution in [0.4, 0.5) is 0 Å². The fourth-order valence-electron chi connectivity index (χ4n) is 4.88. The fourth-order valence-corrected chi connectivity index (χ4v) is 13.0. The van der Waals surface area contributed by atoms with Crippen molar-refractivity contribution >= 4 is 32.5 Å². The van der Waals surface area contributed by atoms with Crippen LogP contribution in [0, 0.1) is 0 Å². The Hall–Kier alpha value is -1.14. The van der Waals surface area contributed by atoms with E-state index in [9.17, 15) is 3.83 Å².